The van der Waals surface area contributed by atoms with Crippen LogP contribution in [0.3, 0.4) is 0 Å². The number of fused-ring (bicyclic) bond motifs is 1. The summed E-state index contributed by atoms with van der Waals surface area (Å²) in [5.41, 5.74) is 7.03. The molecular weight excluding hydrogens is 172 g/mol. The summed E-state index contributed by atoms with van der Waals surface area (Å²) in [5, 5.41) is 1.13. The predicted octanol–water partition coefficient (Wildman–Crippen LogP) is 1.54. The fraction of sp³-hybridized carbons (Fsp3) is 0.0833. The van der Waals surface area contributed by atoms with Gasteiger partial charge < -0.3 is 5.73 Å². The van der Waals surface area contributed by atoms with Crippen molar-refractivity contribution in [3.8, 4) is 11.8 Å². The van der Waals surface area contributed by atoms with Crippen LogP contribution in [-0.2, 0) is 0 Å². The maximum absolute atomic E-state index is 5.29. The first-order valence-electron chi connectivity index (χ1n) is 4.45. The van der Waals surface area contributed by atoms with E-state index in [4.69, 9.17) is 5.73 Å². The lowest BCUT2D eigenvalue weighted by molar-refractivity contribution is 1.29. The highest BCUT2D eigenvalue weighted by Crippen LogP contribution is 2.10. The Morgan fingerprint density at radius 2 is 2.00 bits per heavy atom. The number of para-hydroxylation sites is 1. The van der Waals surface area contributed by atoms with Crippen molar-refractivity contribution in [3.63, 3.8) is 0 Å². The molecular formula is C12H10N2. The lowest BCUT2D eigenvalue weighted by Gasteiger charge is -1.95. The fourth-order valence-electron chi connectivity index (χ4n) is 1.28. The molecule has 0 unspecified atom stereocenters. The van der Waals surface area contributed by atoms with E-state index in [9.17, 15) is 0 Å². The second kappa shape index (κ2) is 3.91. The number of rotatable bonds is 0. The molecule has 0 spiro atoms. The van der Waals surface area contributed by atoms with E-state index in [1.54, 1.807) is 0 Å². The molecule has 0 fully saturated rings. The molecule has 0 saturated carbocycles. The van der Waals surface area contributed by atoms with Crippen LogP contribution in [0.15, 0.2) is 36.4 Å². The maximum atomic E-state index is 5.29. The molecule has 68 valence electrons. The van der Waals surface area contributed by atoms with Gasteiger partial charge in [0.25, 0.3) is 0 Å². The monoisotopic (exact) mass is 182 g/mol. The van der Waals surface area contributed by atoms with Crippen LogP contribution in [0.2, 0.25) is 0 Å². The van der Waals surface area contributed by atoms with Crippen LogP contribution in [0.4, 0.5) is 0 Å². The van der Waals surface area contributed by atoms with Crippen molar-refractivity contribution in [1.29, 1.82) is 0 Å². The van der Waals surface area contributed by atoms with Crippen molar-refractivity contribution in [1.82, 2.24) is 4.98 Å². The zero-order valence-corrected chi connectivity index (χ0v) is 7.70. The normalized spacial score (nSPS) is 9.50. The Kier molecular flexibility index (Phi) is 2.44. The number of pyridine rings is 1. The van der Waals surface area contributed by atoms with Gasteiger partial charge in [-0.2, -0.15) is 0 Å². The van der Waals surface area contributed by atoms with Crippen molar-refractivity contribution < 1.29 is 0 Å². The molecule has 0 aliphatic carbocycles. The minimum atomic E-state index is 0.370. The maximum Gasteiger partial charge on any atom is 0.113 e. The molecule has 1 heterocycles. The summed E-state index contributed by atoms with van der Waals surface area (Å²) in [6.07, 6.45) is 0. The van der Waals surface area contributed by atoms with E-state index in [2.05, 4.69) is 16.8 Å². The van der Waals surface area contributed by atoms with Gasteiger partial charge in [0.05, 0.1) is 12.1 Å². The first-order chi connectivity index (χ1) is 6.90. The molecule has 0 aliphatic rings. The summed E-state index contributed by atoms with van der Waals surface area (Å²) >= 11 is 0. The average molecular weight is 182 g/mol. The van der Waals surface area contributed by atoms with Gasteiger partial charge in [-0.3, -0.25) is 0 Å². The lowest BCUT2D eigenvalue weighted by Crippen LogP contribution is -1.93. The molecule has 2 aromatic rings. The van der Waals surface area contributed by atoms with Crippen molar-refractivity contribution in [2.45, 2.75) is 0 Å². The summed E-state index contributed by atoms with van der Waals surface area (Å²) in [7, 11) is 0. The quantitative estimate of drug-likeness (QED) is 0.628. The molecule has 2 N–H and O–H groups in total. The van der Waals surface area contributed by atoms with Gasteiger partial charge in [0.1, 0.15) is 5.69 Å². The smallest absolute Gasteiger partial charge is 0.113 e. The van der Waals surface area contributed by atoms with Crippen LogP contribution >= 0.6 is 0 Å². The minimum Gasteiger partial charge on any atom is -0.320 e. The molecule has 14 heavy (non-hydrogen) atoms. The van der Waals surface area contributed by atoms with E-state index >= 15 is 0 Å². The van der Waals surface area contributed by atoms with Crippen molar-refractivity contribution in [3.05, 3.63) is 42.1 Å². The van der Waals surface area contributed by atoms with Gasteiger partial charge >= 0.3 is 0 Å². The second-order valence-corrected chi connectivity index (χ2v) is 2.90. The van der Waals surface area contributed by atoms with E-state index in [0.717, 1.165) is 16.6 Å². The van der Waals surface area contributed by atoms with Crippen molar-refractivity contribution >= 4 is 10.9 Å². The Morgan fingerprint density at radius 1 is 1.14 bits per heavy atom. The number of nitrogens with two attached hydrogens (primary N) is 1. The van der Waals surface area contributed by atoms with Gasteiger partial charge in [-0.1, -0.05) is 30.2 Å². The third-order valence-electron chi connectivity index (χ3n) is 1.92. The third-order valence-corrected chi connectivity index (χ3v) is 1.92. The van der Waals surface area contributed by atoms with Crippen LogP contribution in [0.25, 0.3) is 10.9 Å². The summed E-state index contributed by atoms with van der Waals surface area (Å²) in [6, 6.07) is 11.9. The number of nitrogens with zero attached hydrogens (tertiary/aromatic N) is 1. The van der Waals surface area contributed by atoms with Crippen LogP contribution in [0, 0.1) is 11.8 Å². The van der Waals surface area contributed by atoms with E-state index in [1.807, 2.05) is 36.4 Å². The first kappa shape index (κ1) is 8.74. The summed E-state index contributed by atoms with van der Waals surface area (Å²) in [4.78, 5) is 4.38. The molecule has 0 bridgehead atoms. The molecule has 1 aromatic heterocycles. The molecule has 0 atom stereocenters. The molecule has 2 nitrogen and oxygen atoms in total. The molecule has 0 radical (unpaired) electrons. The largest absolute Gasteiger partial charge is 0.320 e. The topological polar surface area (TPSA) is 38.9 Å². The zero-order chi connectivity index (χ0) is 9.80. The SMILES string of the molecule is NCC#Cc1ccc2ccccc2n1. The van der Waals surface area contributed by atoms with E-state index in [1.165, 1.54) is 0 Å². The number of hydrogen-bond donors (Lipinski definition) is 1. The Morgan fingerprint density at radius 3 is 2.86 bits per heavy atom. The summed E-state index contributed by atoms with van der Waals surface area (Å²) in [5.74, 6) is 5.69. The zero-order valence-electron chi connectivity index (χ0n) is 7.70. The Balaban J connectivity index is 2.51. The molecule has 2 heteroatoms. The highest BCUT2D eigenvalue weighted by atomic mass is 14.7. The standard InChI is InChI=1S/C12H10N2/c13-9-3-5-11-8-7-10-4-1-2-6-12(10)14-11/h1-2,4,6-8H,9,13H2. The molecule has 0 amide bonds. The molecule has 0 aliphatic heterocycles. The Bertz CT molecular complexity index is 506. The van der Waals surface area contributed by atoms with E-state index in [-0.39, 0.29) is 0 Å². The van der Waals surface area contributed by atoms with Crippen molar-refractivity contribution in [2.24, 2.45) is 5.73 Å². The first-order valence-corrected chi connectivity index (χ1v) is 4.45. The highest BCUT2D eigenvalue weighted by Gasteiger charge is 1.93. The highest BCUT2D eigenvalue weighted by molar-refractivity contribution is 5.78. The second-order valence-electron chi connectivity index (χ2n) is 2.90. The fourth-order valence-corrected chi connectivity index (χ4v) is 1.28. The number of benzene rings is 1. The Hall–Kier alpha value is -1.85. The predicted molar refractivity (Wildman–Crippen MR) is 57.7 cm³/mol. The van der Waals surface area contributed by atoms with Gasteiger partial charge in [-0.15, -0.1) is 0 Å². The summed E-state index contributed by atoms with van der Waals surface area (Å²) < 4.78 is 0. The van der Waals surface area contributed by atoms with Crippen LogP contribution in [0.5, 0.6) is 0 Å². The van der Waals surface area contributed by atoms with Crippen LogP contribution in [-0.4, -0.2) is 11.5 Å². The molecule has 1 aromatic carbocycles. The molecule has 2 rings (SSSR count). The van der Waals surface area contributed by atoms with E-state index in [0.29, 0.717) is 6.54 Å². The number of aromatic nitrogens is 1. The summed E-state index contributed by atoms with van der Waals surface area (Å²) in [6.45, 7) is 0.370. The Labute approximate surface area is 82.8 Å². The van der Waals surface area contributed by atoms with Crippen LogP contribution in [0.1, 0.15) is 5.69 Å². The lowest BCUT2D eigenvalue weighted by atomic mass is 10.2. The van der Waals surface area contributed by atoms with Crippen molar-refractivity contribution in [2.75, 3.05) is 6.54 Å². The van der Waals surface area contributed by atoms with Gasteiger partial charge in [0.2, 0.25) is 0 Å². The third kappa shape index (κ3) is 1.73. The van der Waals surface area contributed by atoms with Gasteiger partial charge in [0.15, 0.2) is 0 Å². The van der Waals surface area contributed by atoms with Gasteiger partial charge in [0, 0.05) is 5.39 Å². The van der Waals surface area contributed by atoms with Gasteiger partial charge in [-0.25, -0.2) is 4.98 Å². The van der Waals surface area contributed by atoms with Gasteiger partial charge in [-0.05, 0) is 18.1 Å². The number of hydrogen-bond acceptors (Lipinski definition) is 2. The van der Waals surface area contributed by atoms with E-state index < -0.39 is 0 Å². The van der Waals surface area contributed by atoms with Crippen LogP contribution < -0.4 is 5.73 Å². The molecule has 0 saturated heterocycles. The average Bonchev–Trinajstić information content (AvgIpc) is 2.26. The minimum absolute atomic E-state index is 0.370.